The Bertz CT molecular complexity index is 484. The van der Waals surface area contributed by atoms with Gasteiger partial charge < -0.3 is 5.11 Å². The van der Waals surface area contributed by atoms with Crippen LogP contribution in [0.2, 0.25) is 0 Å². The van der Waals surface area contributed by atoms with Crippen LogP contribution in [0.3, 0.4) is 0 Å². The van der Waals surface area contributed by atoms with Crippen LogP contribution in [0.4, 0.5) is 0 Å². The molecule has 0 saturated carbocycles. The van der Waals surface area contributed by atoms with Crippen LogP contribution in [-0.2, 0) is 4.79 Å². The Morgan fingerprint density at radius 1 is 1.09 bits per heavy atom. The second kappa shape index (κ2) is 10.8. The molecule has 0 radical (unpaired) electrons. The van der Waals surface area contributed by atoms with Gasteiger partial charge in [-0.2, -0.15) is 5.10 Å². The summed E-state index contributed by atoms with van der Waals surface area (Å²) in [7, 11) is 0. The monoisotopic (exact) mass is 304 g/mol. The molecule has 22 heavy (non-hydrogen) atoms. The number of aromatic hydroxyl groups is 1. The summed E-state index contributed by atoms with van der Waals surface area (Å²) in [4.78, 5) is 11.8. The molecule has 0 bridgehead atoms. The fraction of sp³-hybridized carbons (Fsp3) is 0.556. The van der Waals surface area contributed by atoms with Gasteiger partial charge in [-0.15, -0.1) is 0 Å². The molecule has 4 heteroatoms. The molecule has 1 rings (SSSR count). The van der Waals surface area contributed by atoms with Gasteiger partial charge in [-0.25, -0.2) is 5.43 Å². The summed E-state index contributed by atoms with van der Waals surface area (Å²) in [6, 6.07) is 7.04. The molecule has 0 fully saturated rings. The molecule has 0 aromatic heterocycles. The van der Waals surface area contributed by atoms with E-state index in [4.69, 9.17) is 0 Å². The van der Waals surface area contributed by atoms with Crippen LogP contribution >= 0.6 is 0 Å². The van der Waals surface area contributed by atoms with Crippen molar-refractivity contribution in [1.29, 1.82) is 0 Å². The predicted octanol–water partition coefficient (Wildman–Crippen LogP) is 4.37. The molecule has 1 aromatic carbocycles. The van der Waals surface area contributed by atoms with Crippen LogP contribution in [0.25, 0.3) is 0 Å². The van der Waals surface area contributed by atoms with Gasteiger partial charge in [-0.05, 0) is 25.0 Å². The third-order valence-corrected chi connectivity index (χ3v) is 3.62. The van der Waals surface area contributed by atoms with Gasteiger partial charge in [-0.3, -0.25) is 4.79 Å². The van der Waals surface area contributed by atoms with Crippen LogP contribution in [0.1, 0.15) is 70.8 Å². The van der Waals surface area contributed by atoms with E-state index >= 15 is 0 Å². The van der Waals surface area contributed by atoms with E-state index in [1.165, 1.54) is 25.7 Å². The van der Waals surface area contributed by atoms with Crippen LogP contribution in [0, 0.1) is 0 Å². The Morgan fingerprint density at radius 3 is 2.45 bits per heavy atom. The average molecular weight is 304 g/mol. The van der Waals surface area contributed by atoms with E-state index in [1.54, 1.807) is 18.2 Å². The first kappa shape index (κ1) is 18.2. The van der Waals surface area contributed by atoms with Crippen LogP contribution in [0.5, 0.6) is 5.75 Å². The minimum absolute atomic E-state index is 0.0585. The SMILES string of the molecule is CCCCCCCCC(=O)NN=C(CC)c1ccccc1O. The molecule has 0 aliphatic carbocycles. The fourth-order valence-electron chi connectivity index (χ4n) is 2.30. The standard InChI is InChI=1S/C18H28N2O2/c1-3-5-6-7-8-9-14-18(22)20-19-16(4-2)15-12-10-11-13-17(15)21/h10-13,21H,3-9,14H2,1-2H3,(H,20,22). The second-order valence-electron chi connectivity index (χ2n) is 5.48. The normalized spacial score (nSPS) is 11.5. The molecule has 4 nitrogen and oxygen atoms in total. The van der Waals surface area contributed by atoms with Crippen molar-refractivity contribution in [2.45, 2.75) is 65.2 Å². The van der Waals surface area contributed by atoms with Gasteiger partial charge in [0.25, 0.3) is 0 Å². The van der Waals surface area contributed by atoms with Gasteiger partial charge in [0.05, 0.1) is 5.71 Å². The number of amides is 1. The predicted molar refractivity (Wildman–Crippen MR) is 91.1 cm³/mol. The molecule has 0 spiro atoms. The molecule has 2 N–H and O–H groups in total. The van der Waals surface area contributed by atoms with Crippen molar-refractivity contribution < 1.29 is 9.90 Å². The number of hydrogen-bond donors (Lipinski definition) is 2. The zero-order valence-electron chi connectivity index (χ0n) is 13.8. The van der Waals surface area contributed by atoms with Crippen molar-refractivity contribution in [1.82, 2.24) is 5.43 Å². The number of nitrogens with zero attached hydrogens (tertiary/aromatic N) is 1. The smallest absolute Gasteiger partial charge is 0.240 e. The Balaban J connectivity index is 2.38. The van der Waals surface area contributed by atoms with Crippen LogP contribution < -0.4 is 5.43 Å². The third-order valence-electron chi connectivity index (χ3n) is 3.62. The summed E-state index contributed by atoms with van der Waals surface area (Å²) in [6.45, 7) is 4.15. The largest absolute Gasteiger partial charge is 0.507 e. The van der Waals surface area contributed by atoms with E-state index < -0.39 is 0 Å². The summed E-state index contributed by atoms with van der Waals surface area (Å²) >= 11 is 0. The zero-order chi connectivity index (χ0) is 16.2. The minimum Gasteiger partial charge on any atom is -0.507 e. The van der Waals surface area contributed by atoms with Crippen molar-refractivity contribution in [3.05, 3.63) is 29.8 Å². The first-order valence-electron chi connectivity index (χ1n) is 8.32. The highest BCUT2D eigenvalue weighted by Gasteiger charge is 2.07. The van der Waals surface area contributed by atoms with E-state index in [1.807, 2.05) is 13.0 Å². The number of phenols is 1. The summed E-state index contributed by atoms with van der Waals surface area (Å²) < 4.78 is 0. The lowest BCUT2D eigenvalue weighted by atomic mass is 10.1. The number of carbonyl (C=O) groups excluding carboxylic acids is 1. The summed E-state index contributed by atoms with van der Waals surface area (Å²) in [6.07, 6.45) is 8.12. The molecular weight excluding hydrogens is 276 g/mol. The lowest BCUT2D eigenvalue weighted by Crippen LogP contribution is -2.19. The maximum Gasteiger partial charge on any atom is 0.240 e. The minimum atomic E-state index is -0.0585. The fourth-order valence-corrected chi connectivity index (χ4v) is 2.30. The van der Waals surface area contributed by atoms with Crippen LogP contribution in [-0.4, -0.2) is 16.7 Å². The van der Waals surface area contributed by atoms with Gasteiger partial charge in [0.15, 0.2) is 0 Å². The summed E-state index contributed by atoms with van der Waals surface area (Å²) in [5.74, 6) is 0.130. The van der Waals surface area contributed by atoms with E-state index in [-0.39, 0.29) is 11.7 Å². The van der Waals surface area contributed by atoms with Crippen molar-refractivity contribution in [2.24, 2.45) is 5.10 Å². The Kier molecular flexibility index (Phi) is 8.96. The molecule has 0 aliphatic heterocycles. The highest BCUT2D eigenvalue weighted by atomic mass is 16.3. The van der Waals surface area contributed by atoms with E-state index in [0.717, 1.165) is 12.8 Å². The van der Waals surface area contributed by atoms with E-state index in [2.05, 4.69) is 17.5 Å². The summed E-state index contributed by atoms with van der Waals surface area (Å²) in [5.41, 5.74) is 3.96. The topological polar surface area (TPSA) is 61.7 Å². The molecule has 122 valence electrons. The lowest BCUT2D eigenvalue weighted by Gasteiger charge is -2.07. The van der Waals surface area contributed by atoms with Gasteiger partial charge in [0.1, 0.15) is 5.75 Å². The second-order valence-corrected chi connectivity index (χ2v) is 5.48. The highest BCUT2D eigenvalue weighted by Crippen LogP contribution is 2.17. The van der Waals surface area contributed by atoms with Gasteiger partial charge in [0, 0.05) is 12.0 Å². The zero-order valence-corrected chi connectivity index (χ0v) is 13.8. The number of phenolic OH excluding ortho intramolecular Hbond substituents is 1. The maximum absolute atomic E-state index is 11.8. The van der Waals surface area contributed by atoms with Crippen molar-refractivity contribution in [2.75, 3.05) is 0 Å². The number of unbranched alkanes of at least 4 members (excludes halogenated alkanes) is 5. The van der Waals surface area contributed by atoms with Crippen molar-refractivity contribution >= 4 is 11.6 Å². The van der Waals surface area contributed by atoms with Crippen molar-refractivity contribution in [3.8, 4) is 5.75 Å². The number of para-hydroxylation sites is 1. The molecule has 1 amide bonds. The number of carbonyl (C=O) groups is 1. The molecule has 0 atom stereocenters. The number of hydrazone groups is 1. The third kappa shape index (κ3) is 6.74. The van der Waals surface area contributed by atoms with Crippen LogP contribution in [0.15, 0.2) is 29.4 Å². The maximum atomic E-state index is 11.8. The first-order valence-corrected chi connectivity index (χ1v) is 8.32. The van der Waals surface area contributed by atoms with E-state index in [0.29, 0.717) is 24.1 Å². The number of benzene rings is 1. The van der Waals surface area contributed by atoms with Gasteiger partial charge in [-0.1, -0.05) is 58.1 Å². The molecule has 0 aliphatic rings. The van der Waals surface area contributed by atoms with Gasteiger partial charge in [0.2, 0.25) is 5.91 Å². The number of rotatable bonds is 10. The molecule has 0 unspecified atom stereocenters. The molecule has 0 saturated heterocycles. The number of nitrogens with one attached hydrogen (secondary N) is 1. The highest BCUT2D eigenvalue weighted by molar-refractivity contribution is 6.03. The average Bonchev–Trinajstić information content (AvgIpc) is 2.53. The molecule has 1 aromatic rings. The quantitative estimate of drug-likeness (QED) is 0.383. The number of hydrogen-bond acceptors (Lipinski definition) is 3. The van der Waals surface area contributed by atoms with Crippen molar-refractivity contribution in [3.63, 3.8) is 0 Å². The first-order chi connectivity index (χ1) is 10.7. The Labute approximate surface area is 133 Å². The Morgan fingerprint density at radius 2 is 1.77 bits per heavy atom. The Hall–Kier alpha value is -1.84. The molecular formula is C18H28N2O2. The lowest BCUT2D eigenvalue weighted by molar-refractivity contribution is -0.121. The van der Waals surface area contributed by atoms with E-state index in [9.17, 15) is 9.90 Å². The van der Waals surface area contributed by atoms with Gasteiger partial charge >= 0.3 is 0 Å². The summed E-state index contributed by atoms with van der Waals surface area (Å²) in [5, 5.41) is 14.0. The molecule has 0 heterocycles.